The SMILES string of the molecule is COCCCNC(=O)C1CCN([C@@H]2Cc3ccccc3[C@H]2O)CC1. The summed E-state index contributed by atoms with van der Waals surface area (Å²) in [6.07, 6.45) is 3.10. The van der Waals surface area contributed by atoms with E-state index in [-0.39, 0.29) is 17.9 Å². The molecule has 1 aromatic carbocycles. The molecule has 1 aromatic rings. The first-order valence-corrected chi connectivity index (χ1v) is 8.97. The van der Waals surface area contributed by atoms with E-state index in [9.17, 15) is 9.90 Å². The molecule has 1 heterocycles. The fourth-order valence-electron chi connectivity index (χ4n) is 3.95. The van der Waals surface area contributed by atoms with Crippen molar-refractivity contribution in [2.45, 2.75) is 37.8 Å². The van der Waals surface area contributed by atoms with Crippen LogP contribution in [0.3, 0.4) is 0 Å². The number of hydrogen-bond acceptors (Lipinski definition) is 4. The average Bonchev–Trinajstić information content (AvgIpc) is 2.96. The highest BCUT2D eigenvalue weighted by molar-refractivity contribution is 5.78. The molecule has 5 nitrogen and oxygen atoms in total. The van der Waals surface area contributed by atoms with E-state index in [0.29, 0.717) is 13.2 Å². The van der Waals surface area contributed by atoms with Gasteiger partial charge >= 0.3 is 0 Å². The highest BCUT2D eigenvalue weighted by Gasteiger charge is 2.37. The summed E-state index contributed by atoms with van der Waals surface area (Å²) in [5.74, 6) is 0.269. The second kappa shape index (κ2) is 8.10. The Morgan fingerprint density at radius 3 is 2.79 bits per heavy atom. The lowest BCUT2D eigenvalue weighted by molar-refractivity contribution is -0.126. The van der Waals surface area contributed by atoms with Crippen molar-refractivity contribution >= 4 is 5.91 Å². The van der Waals surface area contributed by atoms with Crippen LogP contribution in [0.1, 0.15) is 36.5 Å². The fraction of sp³-hybridized carbons (Fsp3) is 0.632. The Balaban J connectivity index is 1.47. The van der Waals surface area contributed by atoms with Gasteiger partial charge < -0.3 is 15.2 Å². The van der Waals surface area contributed by atoms with Crippen molar-refractivity contribution in [3.63, 3.8) is 0 Å². The average molecular weight is 332 g/mol. The summed E-state index contributed by atoms with van der Waals surface area (Å²) in [4.78, 5) is 14.6. The van der Waals surface area contributed by atoms with Crippen LogP contribution in [-0.4, -0.2) is 55.3 Å². The number of fused-ring (bicyclic) bond motifs is 1. The van der Waals surface area contributed by atoms with E-state index >= 15 is 0 Å². The quantitative estimate of drug-likeness (QED) is 0.775. The maximum absolute atomic E-state index is 12.2. The second-order valence-corrected chi connectivity index (χ2v) is 6.86. The van der Waals surface area contributed by atoms with Crippen molar-refractivity contribution in [1.29, 1.82) is 0 Å². The van der Waals surface area contributed by atoms with E-state index in [1.165, 1.54) is 5.56 Å². The normalized spacial score (nSPS) is 24.8. The molecule has 0 saturated carbocycles. The van der Waals surface area contributed by atoms with E-state index in [4.69, 9.17) is 4.74 Å². The number of nitrogens with zero attached hydrogens (tertiary/aromatic N) is 1. The monoisotopic (exact) mass is 332 g/mol. The molecule has 2 aliphatic rings. The minimum absolute atomic E-state index is 0.102. The number of piperidine rings is 1. The molecule has 0 bridgehead atoms. The number of carbonyl (C=O) groups is 1. The topological polar surface area (TPSA) is 61.8 Å². The van der Waals surface area contributed by atoms with Gasteiger partial charge in [0.2, 0.25) is 5.91 Å². The predicted octanol–water partition coefficient (Wildman–Crippen LogP) is 1.51. The largest absolute Gasteiger partial charge is 0.387 e. The summed E-state index contributed by atoms with van der Waals surface area (Å²) in [6.45, 7) is 3.13. The zero-order chi connectivity index (χ0) is 16.9. The van der Waals surface area contributed by atoms with Crippen LogP contribution in [0, 0.1) is 5.92 Å². The van der Waals surface area contributed by atoms with Gasteiger partial charge in [-0.05, 0) is 49.9 Å². The Kier molecular flexibility index (Phi) is 5.87. The second-order valence-electron chi connectivity index (χ2n) is 6.86. The first kappa shape index (κ1) is 17.4. The van der Waals surface area contributed by atoms with Gasteiger partial charge in [-0.1, -0.05) is 24.3 Å². The third-order valence-corrected chi connectivity index (χ3v) is 5.36. The Morgan fingerprint density at radius 2 is 2.08 bits per heavy atom. The van der Waals surface area contributed by atoms with Crippen molar-refractivity contribution < 1.29 is 14.6 Å². The lowest BCUT2D eigenvalue weighted by atomic mass is 9.94. The first-order chi connectivity index (χ1) is 11.7. The molecule has 5 heteroatoms. The third kappa shape index (κ3) is 3.79. The lowest BCUT2D eigenvalue weighted by Gasteiger charge is -2.36. The summed E-state index contributed by atoms with van der Waals surface area (Å²) >= 11 is 0. The van der Waals surface area contributed by atoms with E-state index in [1.54, 1.807) is 7.11 Å². The molecule has 2 atom stereocenters. The number of ether oxygens (including phenoxy) is 1. The van der Waals surface area contributed by atoms with Gasteiger partial charge in [0.25, 0.3) is 0 Å². The zero-order valence-electron chi connectivity index (χ0n) is 14.4. The van der Waals surface area contributed by atoms with Gasteiger partial charge in [0.15, 0.2) is 0 Å². The van der Waals surface area contributed by atoms with Crippen LogP contribution in [-0.2, 0) is 16.0 Å². The Bertz CT molecular complexity index is 555. The number of nitrogens with one attached hydrogen (secondary N) is 1. The Labute approximate surface area is 144 Å². The molecule has 0 spiro atoms. The van der Waals surface area contributed by atoms with Crippen LogP contribution in [0.4, 0.5) is 0 Å². The van der Waals surface area contributed by atoms with Gasteiger partial charge in [0.05, 0.1) is 6.10 Å². The van der Waals surface area contributed by atoms with E-state index in [0.717, 1.165) is 44.3 Å². The third-order valence-electron chi connectivity index (χ3n) is 5.36. The van der Waals surface area contributed by atoms with Crippen LogP contribution >= 0.6 is 0 Å². The van der Waals surface area contributed by atoms with Gasteiger partial charge in [0, 0.05) is 32.2 Å². The first-order valence-electron chi connectivity index (χ1n) is 8.97. The molecule has 2 N–H and O–H groups in total. The summed E-state index contributed by atoms with van der Waals surface area (Å²) < 4.78 is 5.00. The summed E-state index contributed by atoms with van der Waals surface area (Å²) in [5, 5.41) is 13.6. The van der Waals surface area contributed by atoms with E-state index in [2.05, 4.69) is 16.3 Å². The minimum atomic E-state index is -0.402. The molecule has 3 rings (SSSR count). The summed E-state index contributed by atoms with van der Waals surface area (Å²) in [5.41, 5.74) is 2.33. The highest BCUT2D eigenvalue weighted by Crippen LogP contribution is 2.35. The number of aliphatic hydroxyl groups is 1. The summed E-state index contributed by atoms with van der Waals surface area (Å²) in [7, 11) is 1.67. The number of carbonyl (C=O) groups excluding carboxylic acids is 1. The molecule has 1 aliphatic carbocycles. The molecule has 24 heavy (non-hydrogen) atoms. The van der Waals surface area contributed by atoms with Crippen LogP contribution in [0.15, 0.2) is 24.3 Å². The van der Waals surface area contributed by atoms with Gasteiger partial charge in [0.1, 0.15) is 0 Å². The number of benzene rings is 1. The van der Waals surface area contributed by atoms with Gasteiger partial charge in [-0.15, -0.1) is 0 Å². The Morgan fingerprint density at radius 1 is 1.33 bits per heavy atom. The maximum atomic E-state index is 12.2. The number of aliphatic hydroxyl groups excluding tert-OH is 1. The molecule has 1 aliphatic heterocycles. The minimum Gasteiger partial charge on any atom is -0.387 e. The van der Waals surface area contributed by atoms with Crippen molar-refractivity contribution in [2.24, 2.45) is 5.92 Å². The lowest BCUT2D eigenvalue weighted by Crippen LogP contribution is -2.46. The molecular weight excluding hydrogens is 304 g/mol. The van der Waals surface area contributed by atoms with Crippen molar-refractivity contribution in [3.05, 3.63) is 35.4 Å². The van der Waals surface area contributed by atoms with Crippen molar-refractivity contribution in [2.75, 3.05) is 33.4 Å². The van der Waals surface area contributed by atoms with Crippen LogP contribution in [0.2, 0.25) is 0 Å². The number of amides is 1. The molecular formula is C19H28N2O3. The van der Waals surface area contributed by atoms with Crippen molar-refractivity contribution in [1.82, 2.24) is 10.2 Å². The van der Waals surface area contributed by atoms with Crippen LogP contribution < -0.4 is 5.32 Å². The van der Waals surface area contributed by atoms with Crippen LogP contribution in [0.25, 0.3) is 0 Å². The fourth-order valence-corrected chi connectivity index (χ4v) is 3.95. The molecule has 1 fully saturated rings. The van der Waals surface area contributed by atoms with Crippen molar-refractivity contribution in [3.8, 4) is 0 Å². The molecule has 0 unspecified atom stereocenters. The number of likely N-dealkylation sites (tertiary alicyclic amines) is 1. The Hall–Kier alpha value is -1.43. The molecule has 1 saturated heterocycles. The molecule has 1 amide bonds. The smallest absolute Gasteiger partial charge is 0.223 e. The van der Waals surface area contributed by atoms with Gasteiger partial charge in [-0.2, -0.15) is 0 Å². The number of hydrogen-bond donors (Lipinski definition) is 2. The van der Waals surface area contributed by atoms with E-state index < -0.39 is 6.10 Å². The standard InChI is InChI=1S/C19H28N2O3/c1-24-12-4-9-20-19(23)14-7-10-21(11-8-14)17-13-15-5-2-3-6-16(15)18(17)22/h2-3,5-6,14,17-18,22H,4,7-13H2,1H3,(H,20,23)/t17-,18-/m1/s1. The summed E-state index contributed by atoms with van der Waals surface area (Å²) in [6, 6.07) is 8.32. The number of rotatable bonds is 6. The highest BCUT2D eigenvalue weighted by atomic mass is 16.5. The van der Waals surface area contributed by atoms with Crippen LogP contribution in [0.5, 0.6) is 0 Å². The van der Waals surface area contributed by atoms with Gasteiger partial charge in [-0.25, -0.2) is 0 Å². The molecule has 0 aromatic heterocycles. The van der Waals surface area contributed by atoms with Gasteiger partial charge in [-0.3, -0.25) is 9.69 Å². The maximum Gasteiger partial charge on any atom is 0.223 e. The molecule has 132 valence electrons. The zero-order valence-corrected chi connectivity index (χ0v) is 14.4. The van der Waals surface area contributed by atoms with E-state index in [1.807, 2.05) is 18.2 Å². The molecule has 0 radical (unpaired) electrons. The number of methoxy groups -OCH3 is 1. The predicted molar refractivity (Wildman–Crippen MR) is 92.7 cm³/mol.